The van der Waals surface area contributed by atoms with Gasteiger partial charge in [0.2, 0.25) is 0 Å². The third-order valence-electron chi connectivity index (χ3n) is 3.57. The lowest BCUT2D eigenvalue weighted by Crippen LogP contribution is -2.30. The third-order valence-corrected chi connectivity index (χ3v) is 3.57. The molecule has 0 aromatic heterocycles. The second-order valence-electron chi connectivity index (χ2n) is 5.07. The first-order valence-electron chi connectivity index (χ1n) is 6.67. The summed E-state index contributed by atoms with van der Waals surface area (Å²) >= 11 is 0. The lowest BCUT2D eigenvalue weighted by Gasteiger charge is -2.22. The zero-order valence-corrected chi connectivity index (χ0v) is 11.0. The van der Waals surface area contributed by atoms with Crippen molar-refractivity contribution in [2.24, 2.45) is 0 Å². The zero-order chi connectivity index (χ0) is 13.8. The minimum Gasteiger partial charge on any atom is -0.488 e. The quantitative estimate of drug-likeness (QED) is 0.518. The number of nitro benzene ring substituents is 1. The molecule has 2 rings (SSSR count). The summed E-state index contributed by atoms with van der Waals surface area (Å²) < 4.78 is 5.79. The largest absolute Gasteiger partial charge is 0.488 e. The Hall–Kier alpha value is -1.62. The second kappa shape index (κ2) is 6.02. The van der Waals surface area contributed by atoms with Crippen LogP contribution in [0.5, 0.6) is 5.75 Å². The van der Waals surface area contributed by atoms with E-state index in [-0.39, 0.29) is 11.8 Å². The molecular formula is C14H19NO4. The van der Waals surface area contributed by atoms with Crippen LogP contribution in [0.3, 0.4) is 0 Å². The van der Waals surface area contributed by atoms with Crippen LogP contribution in [0, 0.1) is 17.0 Å². The smallest absolute Gasteiger partial charge is 0.272 e. The van der Waals surface area contributed by atoms with E-state index in [2.05, 4.69) is 0 Å². The number of nitrogens with zero attached hydrogens (tertiary/aromatic N) is 1. The molecule has 2 atom stereocenters. The first kappa shape index (κ1) is 13.8. The maximum atomic E-state index is 10.7. The van der Waals surface area contributed by atoms with Gasteiger partial charge >= 0.3 is 0 Å². The van der Waals surface area contributed by atoms with Gasteiger partial charge in [-0.15, -0.1) is 0 Å². The van der Waals surface area contributed by atoms with E-state index >= 15 is 0 Å². The molecule has 0 aliphatic heterocycles. The van der Waals surface area contributed by atoms with Gasteiger partial charge in [0.15, 0.2) is 0 Å². The summed E-state index contributed by atoms with van der Waals surface area (Å²) in [4.78, 5) is 10.3. The van der Waals surface area contributed by atoms with Crippen LogP contribution in [-0.4, -0.2) is 22.2 Å². The van der Waals surface area contributed by atoms with Crippen molar-refractivity contribution in [2.45, 2.75) is 51.2 Å². The number of nitro groups is 1. The average Bonchev–Trinajstić information content (AvgIpc) is 2.55. The number of rotatable bonds is 3. The van der Waals surface area contributed by atoms with Crippen molar-refractivity contribution in [3.63, 3.8) is 0 Å². The van der Waals surface area contributed by atoms with Crippen LogP contribution in [0.25, 0.3) is 0 Å². The maximum Gasteiger partial charge on any atom is 0.272 e. The Bertz CT molecular complexity index is 461. The van der Waals surface area contributed by atoms with Gasteiger partial charge < -0.3 is 9.84 Å². The molecule has 2 unspecified atom stereocenters. The Morgan fingerprint density at radius 3 is 2.74 bits per heavy atom. The molecule has 5 heteroatoms. The van der Waals surface area contributed by atoms with Crippen LogP contribution in [-0.2, 0) is 0 Å². The number of aliphatic hydroxyl groups excluding tert-OH is 1. The van der Waals surface area contributed by atoms with Crippen LogP contribution in [0.2, 0.25) is 0 Å². The number of ether oxygens (including phenoxy) is 1. The van der Waals surface area contributed by atoms with Gasteiger partial charge in [-0.1, -0.05) is 12.8 Å². The Balaban J connectivity index is 2.10. The SMILES string of the molecule is Cc1cc(OC2CCCCCC2O)ccc1[N+](=O)[O-]. The van der Waals surface area contributed by atoms with Gasteiger partial charge in [0, 0.05) is 11.6 Å². The van der Waals surface area contributed by atoms with Gasteiger partial charge in [0.1, 0.15) is 11.9 Å². The summed E-state index contributed by atoms with van der Waals surface area (Å²) in [6.07, 6.45) is 4.14. The molecule has 1 saturated carbocycles. The van der Waals surface area contributed by atoms with Gasteiger partial charge in [0.05, 0.1) is 11.0 Å². The molecule has 1 N–H and O–H groups in total. The predicted molar refractivity (Wildman–Crippen MR) is 71.3 cm³/mol. The van der Waals surface area contributed by atoms with Gasteiger partial charge in [-0.2, -0.15) is 0 Å². The highest BCUT2D eigenvalue weighted by Crippen LogP contribution is 2.27. The lowest BCUT2D eigenvalue weighted by molar-refractivity contribution is -0.385. The van der Waals surface area contributed by atoms with E-state index < -0.39 is 11.0 Å². The van der Waals surface area contributed by atoms with E-state index in [1.54, 1.807) is 19.1 Å². The van der Waals surface area contributed by atoms with Crippen molar-refractivity contribution in [2.75, 3.05) is 0 Å². The van der Waals surface area contributed by atoms with E-state index in [1.165, 1.54) is 6.07 Å². The second-order valence-corrected chi connectivity index (χ2v) is 5.07. The van der Waals surface area contributed by atoms with Gasteiger partial charge in [0.25, 0.3) is 5.69 Å². The molecule has 5 nitrogen and oxygen atoms in total. The van der Waals surface area contributed by atoms with Crippen LogP contribution < -0.4 is 4.74 Å². The van der Waals surface area contributed by atoms with Crippen molar-refractivity contribution < 1.29 is 14.8 Å². The normalized spacial score (nSPS) is 23.7. The van der Waals surface area contributed by atoms with E-state index in [0.29, 0.717) is 11.3 Å². The van der Waals surface area contributed by atoms with Crippen molar-refractivity contribution >= 4 is 5.69 Å². The Labute approximate surface area is 112 Å². The first-order valence-corrected chi connectivity index (χ1v) is 6.67. The minimum atomic E-state index is -0.446. The fourth-order valence-corrected chi connectivity index (χ4v) is 2.47. The summed E-state index contributed by atoms with van der Waals surface area (Å²) in [6, 6.07) is 4.71. The van der Waals surface area contributed by atoms with Crippen LogP contribution in [0.15, 0.2) is 18.2 Å². The highest BCUT2D eigenvalue weighted by molar-refractivity contribution is 5.44. The predicted octanol–water partition coefficient (Wildman–Crippen LogP) is 2.98. The Morgan fingerprint density at radius 2 is 2.05 bits per heavy atom. The van der Waals surface area contributed by atoms with E-state index in [1.807, 2.05) is 0 Å². The van der Waals surface area contributed by atoms with Crippen LogP contribution in [0.4, 0.5) is 5.69 Å². The summed E-state index contributed by atoms with van der Waals surface area (Å²) in [6.45, 7) is 1.69. The van der Waals surface area contributed by atoms with E-state index in [4.69, 9.17) is 4.74 Å². The number of aryl methyl sites for hydroxylation is 1. The zero-order valence-electron chi connectivity index (χ0n) is 11.0. The molecule has 0 amide bonds. The van der Waals surface area contributed by atoms with Gasteiger partial charge in [-0.05, 0) is 38.3 Å². The topological polar surface area (TPSA) is 72.6 Å². The fourth-order valence-electron chi connectivity index (χ4n) is 2.47. The van der Waals surface area contributed by atoms with Gasteiger partial charge in [-0.25, -0.2) is 0 Å². The molecule has 0 radical (unpaired) electrons. The van der Waals surface area contributed by atoms with Crippen LogP contribution >= 0.6 is 0 Å². The highest BCUT2D eigenvalue weighted by Gasteiger charge is 2.23. The van der Waals surface area contributed by atoms with Crippen LogP contribution in [0.1, 0.15) is 37.7 Å². The standard InChI is InChI=1S/C14H19NO4/c1-10-9-11(7-8-12(10)15(17)18)19-14-6-4-2-3-5-13(14)16/h7-9,13-14,16H,2-6H2,1H3. The van der Waals surface area contributed by atoms with Crippen molar-refractivity contribution in [3.8, 4) is 5.75 Å². The summed E-state index contributed by atoms with van der Waals surface area (Å²) in [7, 11) is 0. The molecular weight excluding hydrogens is 246 g/mol. The Morgan fingerprint density at radius 1 is 1.32 bits per heavy atom. The molecule has 1 aliphatic rings. The molecule has 0 bridgehead atoms. The molecule has 1 aromatic carbocycles. The lowest BCUT2D eigenvalue weighted by atomic mass is 10.1. The van der Waals surface area contributed by atoms with Gasteiger partial charge in [-0.3, -0.25) is 10.1 Å². The molecule has 1 fully saturated rings. The molecule has 0 saturated heterocycles. The third kappa shape index (κ3) is 3.44. The molecule has 104 valence electrons. The summed E-state index contributed by atoms with van der Waals surface area (Å²) in [5.74, 6) is 0.592. The number of hydrogen-bond donors (Lipinski definition) is 1. The maximum absolute atomic E-state index is 10.7. The number of aliphatic hydroxyl groups is 1. The summed E-state index contributed by atoms with van der Waals surface area (Å²) in [5.41, 5.74) is 0.666. The molecule has 0 spiro atoms. The highest BCUT2D eigenvalue weighted by atomic mass is 16.6. The van der Waals surface area contributed by atoms with E-state index in [9.17, 15) is 15.2 Å². The average molecular weight is 265 g/mol. The van der Waals surface area contributed by atoms with Crippen molar-refractivity contribution in [1.82, 2.24) is 0 Å². The van der Waals surface area contributed by atoms with E-state index in [0.717, 1.165) is 32.1 Å². The number of hydrogen-bond acceptors (Lipinski definition) is 4. The van der Waals surface area contributed by atoms with Crippen molar-refractivity contribution in [1.29, 1.82) is 0 Å². The minimum absolute atomic E-state index is 0.0914. The number of benzene rings is 1. The summed E-state index contributed by atoms with van der Waals surface area (Å²) in [5, 5.41) is 20.7. The molecule has 19 heavy (non-hydrogen) atoms. The van der Waals surface area contributed by atoms with Crippen molar-refractivity contribution in [3.05, 3.63) is 33.9 Å². The monoisotopic (exact) mass is 265 g/mol. The Kier molecular flexibility index (Phi) is 4.37. The fraction of sp³-hybridized carbons (Fsp3) is 0.571. The molecule has 1 aliphatic carbocycles. The molecule has 1 aromatic rings. The first-order chi connectivity index (χ1) is 9.08. The molecule has 0 heterocycles.